The van der Waals surface area contributed by atoms with Crippen LogP contribution >= 0.6 is 0 Å². The zero-order chi connectivity index (χ0) is 20.0. The second kappa shape index (κ2) is 6.85. The highest BCUT2D eigenvalue weighted by molar-refractivity contribution is 6.08. The number of benzene rings is 3. The van der Waals surface area contributed by atoms with E-state index in [1.54, 1.807) is 11.9 Å². The smallest absolute Gasteiger partial charge is 0.289 e. The Labute approximate surface area is 168 Å². The number of hydrogen-bond donors (Lipinski definition) is 0. The van der Waals surface area contributed by atoms with E-state index in [1.807, 2.05) is 61.5 Å². The molecule has 1 aliphatic rings. The largest absolute Gasteiger partial charge is 0.486 e. The lowest BCUT2D eigenvalue weighted by Crippen LogP contribution is -2.41. The van der Waals surface area contributed by atoms with Crippen LogP contribution in [-0.2, 0) is 0 Å². The first kappa shape index (κ1) is 17.6. The molecule has 3 aromatic carbocycles. The van der Waals surface area contributed by atoms with Crippen molar-refractivity contribution in [2.75, 3.05) is 20.2 Å². The molecule has 0 N–H and O–H groups in total. The van der Waals surface area contributed by atoms with Gasteiger partial charge >= 0.3 is 0 Å². The standard InChI is InChI=1S/C24H21NO4/c1-15-18-12-11-16-7-3-4-8-19(16)23(18)29-22(15)24(26)25(2)13-17-14-27-20-9-5-6-10-21(20)28-17/h3-12,17H,13-14H2,1-2H3. The van der Waals surface area contributed by atoms with Gasteiger partial charge in [0, 0.05) is 23.4 Å². The van der Waals surface area contributed by atoms with Crippen LogP contribution in [0.1, 0.15) is 16.1 Å². The van der Waals surface area contributed by atoms with Crippen molar-refractivity contribution in [1.29, 1.82) is 0 Å². The van der Waals surface area contributed by atoms with Gasteiger partial charge in [-0.1, -0.05) is 48.5 Å². The zero-order valence-electron chi connectivity index (χ0n) is 16.3. The number of carbonyl (C=O) groups excluding carboxylic acids is 1. The Balaban J connectivity index is 1.41. The lowest BCUT2D eigenvalue weighted by atomic mass is 10.1. The Kier molecular flexibility index (Phi) is 4.16. The average molecular weight is 387 g/mol. The van der Waals surface area contributed by atoms with Gasteiger partial charge in [-0.15, -0.1) is 0 Å². The summed E-state index contributed by atoms with van der Waals surface area (Å²) in [7, 11) is 1.76. The van der Waals surface area contributed by atoms with E-state index in [0.29, 0.717) is 24.7 Å². The Morgan fingerprint density at radius 3 is 2.62 bits per heavy atom. The molecule has 1 aliphatic heterocycles. The average Bonchev–Trinajstić information content (AvgIpc) is 3.10. The number of likely N-dealkylation sites (N-methyl/N-ethyl adjacent to an activating group) is 1. The third-order valence-electron chi connectivity index (χ3n) is 5.41. The van der Waals surface area contributed by atoms with Crippen LogP contribution in [0, 0.1) is 6.92 Å². The van der Waals surface area contributed by atoms with Gasteiger partial charge in [0.15, 0.2) is 23.4 Å². The summed E-state index contributed by atoms with van der Waals surface area (Å²) in [4.78, 5) is 14.8. The first-order valence-corrected chi connectivity index (χ1v) is 9.66. The molecular formula is C24H21NO4. The normalized spacial score (nSPS) is 15.6. The molecule has 5 rings (SSSR count). The molecule has 146 valence electrons. The van der Waals surface area contributed by atoms with Gasteiger partial charge in [0.05, 0.1) is 6.54 Å². The zero-order valence-corrected chi connectivity index (χ0v) is 16.3. The van der Waals surface area contributed by atoms with E-state index < -0.39 is 0 Å². The molecule has 29 heavy (non-hydrogen) atoms. The fourth-order valence-electron chi connectivity index (χ4n) is 3.87. The van der Waals surface area contributed by atoms with E-state index in [1.165, 1.54) is 0 Å². The molecule has 1 aromatic heterocycles. The van der Waals surface area contributed by atoms with Gasteiger partial charge in [0.1, 0.15) is 12.2 Å². The van der Waals surface area contributed by atoms with Crippen molar-refractivity contribution in [3.63, 3.8) is 0 Å². The number of para-hydroxylation sites is 2. The number of nitrogens with zero attached hydrogens (tertiary/aromatic N) is 1. The first-order chi connectivity index (χ1) is 14.1. The lowest BCUT2D eigenvalue weighted by Gasteiger charge is -2.29. The topological polar surface area (TPSA) is 51.9 Å². The van der Waals surface area contributed by atoms with E-state index in [4.69, 9.17) is 13.9 Å². The molecular weight excluding hydrogens is 366 g/mol. The first-order valence-electron chi connectivity index (χ1n) is 9.66. The third-order valence-corrected chi connectivity index (χ3v) is 5.41. The van der Waals surface area contributed by atoms with Crippen molar-refractivity contribution in [1.82, 2.24) is 4.90 Å². The van der Waals surface area contributed by atoms with Crippen LogP contribution in [-0.4, -0.2) is 37.1 Å². The maximum Gasteiger partial charge on any atom is 0.289 e. The summed E-state index contributed by atoms with van der Waals surface area (Å²) >= 11 is 0. The van der Waals surface area contributed by atoms with Crippen molar-refractivity contribution < 1.29 is 18.7 Å². The maximum atomic E-state index is 13.1. The fraction of sp³-hybridized carbons (Fsp3) is 0.208. The summed E-state index contributed by atoms with van der Waals surface area (Å²) in [6, 6.07) is 19.7. The number of amides is 1. The molecule has 1 atom stereocenters. The number of hydrogen-bond acceptors (Lipinski definition) is 4. The number of rotatable bonds is 3. The van der Waals surface area contributed by atoms with Gasteiger partial charge in [-0.25, -0.2) is 0 Å². The number of fused-ring (bicyclic) bond motifs is 4. The Bertz CT molecular complexity index is 1230. The summed E-state index contributed by atoms with van der Waals surface area (Å²) in [6.07, 6.45) is -0.232. The van der Waals surface area contributed by atoms with Gasteiger partial charge in [-0.3, -0.25) is 4.79 Å². The Hall–Kier alpha value is -3.47. The van der Waals surface area contributed by atoms with Crippen LogP contribution in [0.3, 0.4) is 0 Å². The van der Waals surface area contributed by atoms with Crippen LogP contribution in [0.25, 0.3) is 21.7 Å². The fourth-order valence-corrected chi connectivity index (χ4v) is 3.87. The van der Waals surface area contributed by atoms with Gasteiger partial charge in [0.2, 0.25) is 0 Å². The Morgan fingerprint density at radius 1 is 1.00 bits per heavy atom. The molecule has 1 unspecified atom stereocenters. The molecule has 5 nitrogen and oxygen atoms in total. The van der Waals surface area contributed by atoms with E-state index in [0.717, 1.165) is 33.1 Å². The molecule has 0 fully saturated rings. The molecule has 0 saturated carbocycles. The maximum absolute atomic E-state index is 13.1. The van der Waals surface area contributed by atoms with Gasteiger partial charge < -0.3 is 18.8 Å². The quantitative estimate of drug-likeness (QED) is 0.506. The molecule has 0 aliphatic carbocycles. The van der Waals surface area contributed by atoms with Crippen LogP contribution in [0.2, 0.25) is 0 Å². The van der Waals surface area contributed by atoms with E-state index in [2.05, 4.69) is 6.07 Å². The molecule has 0 saturated heterocycles. The van der Waals surface area contributed by atoms with Crippen LogP contribution < -0.4 is 9.47 Å². The number of furan rings is 1. The summed E-state index contributed by atoms with van der Waals surface area (Å²) < 4.78 is 17.8. The monoisotopic (exact) mass is 387 g/mol. The highest BCUT2D eigenvalue weighted by atomic mass is 16.6. The van der Waals surface area contributed by atoms with Crippen LogP contribution in [0.15, 0.2) is 65.1 Å². The molecule has 1 amide bonds. The van der Waals surface area contributed by atoms with Gasteiger partial charge in [0.25, 0.3) is 5.91 Å². The summed E-state index contributed by atoms with van der Waals surface area (Å²) in [5.74, 6) is 1.65. The van der Waals surface area contributed by atoms with Crippen molar-refractivity contribution in [2.45, 2.75) is 13.0 Å². The number of carbonyl (C=O) groups is 1. The van der Waals surface area contributed by atoms with Crippen molar-refractivity contribution in [2.24, 2.45) is 0 Å². The molecule has 0 bridgehead atoms. The summed E-state index contributed by atoms with van der Waals surface area (Å²) in [6.45, 7) is 2.74. The van der Waals surface area contributed by atoms with Gasteiger partial charge in [-0.2, -0.15) is 0 Å². The van der Waals surface area contributed by atoms with E-state index >= 15 is 0 Å². The molecule has 2 heterocycles. The summed E-state index contributed by atoms with van der Waals surface area (Å²) in [5.41, 5.74) is 1.61. The minimum absolute atomic E-state index is 0.162. The predicted molar refractivity (Wildman–Crippen MR) is 112 cm³/mol. The number of aryl methyl sites for hydroxylation is 1. The van der Waals surface area contributed by atoms with E-state index in [9.17, 15) is 4.79 Å². The minimum Gasteiger partial charge on any atom is -0.486 e. The van der Waals surface area contributed by atoms with Gasteiger partial charge in [-0.05, 0) is 24.4 Å². The number of ether oxygens (including phenoxy) is 2. The lowest BCUT2D eigenvalue weighted by molar-refractivity contribution is 0.0502. The summed E-state index contributed by atoms with van der Waals surface area (Å²) in [5, 5.41) is 3.06. The van der Waals surface area contributed by atoms with Crippen LogP contribution in [0.4, 0.5) is 0 Å². The highest BCUT2D eigenvalue weighted by Gasteiger charge is 2.27. The highest BCUT2D eigenvalue weighted by Crippen LogP contribution is 2.33. The second-order valence-electron chi connectivity index (χ2n) is 7.40. The molecule has 0 spiro atoms. The van der Waals surface area contributed by atoms with Crippen molar-refractivity contribution >= 4 is 27.6 Å². The second-order valence-corrected chi connectivity index (χ2v) is 7.40. The van der Waals surface area contributed by atoms with Crippen LogP contribution in [0.5, 0.6) is 11.5 Å². The molecule has 0 radical (unpaired) electrons. The molecule has 5 heteroatoms. The minimum atomic E-state index is -0.232. The van der Waals surface area contributed by atoms with Crippen molar-refractivity contribution in [3.8, 4) is 11.5 Å². The Morgan fingerprint density at radius 2 is 1.76 bits per heavy atom. The van der Waals surface area contributed by atoms with Crippen molar-refractivity contribution in [3.05, 3.63) is 72.0 Å². The SMILES string of the molecule is Cc1c(C(=O)N(C)CC2COc3ccccc3O2)oc2c1ccc1ccccc12. The van der Waals surface area contributed by atoms with E-state index in [-0.39, 0.29) is 12.0 Å². The third kappa shape index (κ3) is 2.99. The molecule has 4 aromatic rings. The predicted octanol–water partition coefficient (Wildman–Crippen LogP) is 4.81.